The number of hydrogen-bond acceptors (Lipinski definition) is 6. The largest absolute Gasteiger partial charge is 0.354 e. The third kappa shape index (κ3) is 4.87. The standard InChI is InChI=1S/C52H32B2N6S2/c1-4-15-35(16-5-1)57-32-55-50-51(57)59(37-19-8-3-9-20-37)44-25-14-24-43-48(44)53(50)39-29-33(27-28-41(39)58(43)36-17-6-2-7-18-36)34-30-46-49-47(31-34)62-52-56-40-22-11-12-23-42(40)60(52)54(49)38-21-10-13-26-45(38)61-46/h1-32H. The first kappa shape index (κ1) is 34.6. The Balaban J connectivity index is 1.00. The number of hydrogen-bond donors (Lipinski definition) is 0. The van der Waals surface area contributed by atoms with Gasteiger partial charge in [0, 0.05) is 48.8 Å². The molecule has 0 aliphatic carbocycles. The zero-order valence-corrected chi connectivity index (χ0v) is 34.8. The van der Waals surface area contributed by atoms with E-state index in [1.165, 1.54) is 58.9 Å². The smallest absolute Gasteiger partial charge is 0.333 e. The molecule has 0 N–H and O–H groups in total. The molecule has 0 fully saturated rings. The van der Waals surface area contributed by atoms with Crippen molar-refractivity contribution in [3.63, 3.8) is 0 Å². The van der Waals surface area contributed by atoms with Gasteiger partial charge in [0.25, 0.3) is 6.71 Å². The Morgan fingerprint density at radius 2 is 1.13 bits per heavy atom. The Bertz CT molecular complexity index is 3460. The summed E-state index contributed by atoms with van der Waals surface area (Å²) in [6.07, 6.45) is 2.01. The number of benzene rings is 8. The van der Waals surface area contributed by atoms with Gasteiger partial charge < -0.3 is 9.38 Å². The van der Waals surface area contributed by atoms with Gasteiger partial charge >= 0.3 is 6.85 Å². The highest BCUT2D eigenvalue weighted by molar-refractivity contribution is 8.01. The number of nitrogens with zero attached hydrogens (tertiary/aromatic N) is 6. The van der Waals surface area contributed by atoms with Crippen molar-refractivity contribution >= 4 is 110 Å². The van der Waals surface area contributed by atoms with Crippen LogP contribution in [0.2, 0.25) is 0 Å². The molecule has 4 aliphatic heterocycles. The molecule has 14 rings (SSSR count). The van der Waals surface area contributed by atoms with Crippen molar-refractivity contribution in [1.29, 1.82) is 0 Å². The lowest BCUT2D eigenvalue weighted by Gasteiger charge is -2.43. The molecular formula is C52H32B2N6S2. The number of aromatic nitrogens is 4. The molecule has 0 spiro atoms. The van der Waals surface area contributed by atoms with E-state index in [1.807, 2.05) is 18.1 Å². The predicted molar refractivity (Wildman–Crippen MR) is 258 cm³/mol. The Morgan fingerprint density at radius 1 is 0.468 bits per heavy atom. The van der Waals surface area contributed by atoms with Gasteiger partial charge in [-0.15, -0.1) is 0 Å². The van der Waals surface area contributed by atoms with Gasteiger partial charge in [0.1, 0.15) is 12.1 Å². The third-order valence-electron chi connectivity index (χ3n) is 12.9. The summed E-state index contributed by atoms with van der Waals surface area (Å²) in [5.74, 6) is 1.06. The minimum atomic E-state index is -0.119. The van der Waals surface area contributed by atoms with Crippen molar-refractivity contribution < 1.29 is 0 Å². The summed E-state index contributed by atoms with van der Waals surface area (Å²) in [4.78, 5) is 19.3. The van der Waals surface area contributed by atoms with Crippen molar-refractivity contribution in [2.24, 2.45) is 0 Å². The maximum absolute atomic E-state index is 5.38. The topological polar surface area (TPSA) is 42.1 Å². The van der Waals surface area contributed by atoms with Crippen LogP contribution in [0.5, 0.6) is 0 Å². The molecule has 4 aliphatic rings. The van der Waals surface area contributed by atoms with Gasteiger partial charge in [-0.1, -0.05) is 127 Å². The van der Waals surface area contributed by atoms with Crippen LogP contribution in [0.4, 0.5) is 34.3 Å². The lowest BCUT2D eigenvalue weighted by Crippen LogP contribution is -2.62. The molecule has 62 heavy (non-hydrogen) atoms. The van der Waals surface area contributed by atoms with Crippen LogP contribution in [0.1, 0.15) is 0 Å². The molecule has 0 radical (unpaired) electrons. The van der Waals surface area contributed by atoms with Crippen LogP contribution in [0, 0.1) is 0 Å². The van der Waals surface area contributed by atoms with Crippen LogP contribution in [0.25, 0.3) is 27.8 Å². The number of para-hydroxylation sites is 5. The Hall–Kier alpha value is -7.13. The van der Waals surface area contributed by atoms with E-state index < -0.39 is 0 Å². The normalized spacial score (nSPS) is 13.9. The first-order valence-electron chi connectivity index (χ1n) is 21.0. The molecule has 288 valence electrons. The SMILES string of the molecule is c1ccc(N2c3ccc(-c4cc5c6c(c4)Sc4nc7ccccc7n4B6c4ccccc4S5)cc3B3c4ncn(-c5ccccc5)c4N(c4ccccc4)c4cccc2c43)cc1. The molecule has 8 aromatic carbocycles. The zero-order chi connectivity index (χ0) is 40.5. The first-order valence-corrected chi connectivity index (χ1v) is 22.6. The second kappa shape index (κ2) is 13.2. The van der Waals surface area contributed by atoms with E-state index in [1.54, 1.807) is 11.8 Å². The Kier molecular flexibility index (Phi) is 7.35. The molecule has 2 aromatic heterocycles. The van der Waals surface area contributed by atoms with Crippen LogP contribution in [-0.2, 0) is 0 Å². The van der Waals surface area contributed by atoms with Crippen molar-refractivity contribution in [3.8, 4) is 16.8 Å². The molecule has 6 nitrogen and oxygen atoms in total. The number of imidazole rings is 2. The van der Waals surface area contributed by atoms with E-state index >= 15 is 0 Å². The Labute approximate surface area is 367 Å². The van der Waals surface area contributed by atoms with Crippen LogP contribution < -0.4 is 37.2 Å². The highest BCUT2D eigenvalue weighted by Gasteiger charge is 2.46. The number of rotatable bonds is 4. The lowest BCUT2D eigenvalue weighted by molar-refractivity contribution is 0.979. The van der Waals surface area contributed by atoms with E-state index in [0.29, 0.717) is 0 Å². The van der Waals surface area contributed by atoms with E-state index in [0.717, 1.165) is 50.5 Å². The van der Waals surface area contributed by atoms with Gasteiger partial charge in [0.2, 0.25) is 0 Å². The van der Waals surface area contributed by atoms with E-state index in [4.69, 9.17) is 9.97 Å². The summed E-state index contributed by atoms with van der Waals surface area (Å²) in [5, 5.41) is 1.04. The van der Waals surface area contributed by atoms with E-state index in [-0.39, 0.29) is 13.6 Å². The molecule has 0 atom stereocenters. The van der Waals surface area contributed by atoms with Crippen LogP contribution in [0.15, 0.2) is 214 Å². The van der Waals surface area contributed by atoms with Crippen LogP contribution in [-0.4, -0.2) is 32.6 Å². The maximum Gasteiger partial charge on any atom is 0.333 e. The molecule has 0 unspecified atom stereocenters. The molecule has 0 saturated heterocycles. The molecule has 6 heterocycles. The van der Waals surface area contributed by atoms with Gasteiger partial charge in [-0.2, -0.15) is 0 Å². The lowest BCUT2D eigenvalue weighted by atomic mass is 9.35. The predicted octanol–water partition coefficient (Wildman–Crippen LogP) is 9.55. The summed E-state index contributed by atoms with van der Waals surface area (Å²) >= 11 is 3.68. The van der Waals surface area contributed by atoms with E-state index in [9.17, 15) is 0 Å². The van der Waals surface area contributed by atoms with Gasteiger partial charge in [0.05, 0.1) is 16.6 Å². The highest BCUT2D eigenvalue weighted by Crippen LogP contribution is 2.46. The molecule has 0 saturated carbocycles. The fourth-order valence-corrected chi connectivity index (χ4v) is 12.7. The van der Waals surface area contributed by atoms with Crippen molar-refractivity contribution in [2.75, 3.05) is 9.80 Å². The average Bonchev–Trinajstić information content (AvgIpc) is 3.94. The van der Waals surface area contributed by atoms with E-state index in [2.05, 4.69) is 207 Å². The summed E-state index contributed by atoms with van der Waals surface area (Å²) in [6, 6.07) is 68.3. The second-order valence-corrected chi connectivity index (χ2v) is 18.3. The maximum atomic E-state index is 5.38. The quantitative estimate of drug-likeness (QED) is 0.165. The van der Waals surface area contributed by atoms with Gasteiger partial charge in [-0.05, 0) is 118 Å². The molecular weight excluding hydrogens is 794 g/mol. The van der Waals surface area contributed by atoms with Crippen molar-refractivity contribution in [1.82, 2.24) is 19.0 Å². The van der Waals surface area contributed by atoms with Gasteiger partial charge in [0.15, 0.2) is 5.16 Å². The summed E-state index contributed by atoms with van der Waals surface area (Å²) in [5.41, 5.74) is 17.6. The monoisotopic (exact) mass is 826 g/mol. The van der Waals surface area contributed by atoms with Gasteiger partial charge in [-0.25, -0.2) is 9.97 Å². The molecule has 10 heteroatoms. The second-order valence-electron chi connectivity index (χ2n) is 16.2. The average molecular weight is 827 g/mol. The fourth-order valence-electron chi connectivity index (χ4n) is 10.3. The highest BCUT2D eigenvalue weighted by atomic mass is 32.2. The Morgan fingerprint density at radius 3 is 1.92 bits per heavy atom. The van der Waals surface area contributed by atoms with Crippen molar-refractivity contribution in [3.05, 3.63) is 194 Å². The van der Waals surface area contributed by atoms with Crippen LogP contribution >= 0.6 is 23.5 Å². The zero-order valence-electron chi connectivity index (χ0n) is 33.1. The van der Waals surface area contributed by atoms with Crippen LogP contribution in [0.3, 0.4) is 0 Å². The molecule has 0 bridgehead atoms. The minimum Gasteiger partial charge on any atom is -0.354 e. The fraction of sp³-hybridized carbons (Fsp3) is 0. The summed E-state index contributed by atoms with van der Waals surface area (Å²) < 4.78 is 4.72. The summed E-state index contributed by atoms with van der Waals surface area (Å²) in [7, 11) is 0. The van der Waals surface area contributed by atoms with Crippen molar-refractivity contribution in [2.45, 2.75) is 19.8 Å². The first-order chi connectivity index (χ1) is 30.8. The number of anilines is 6. The van der Waals surface area contributed by atoms with Gasteiger partial charge in [-0.3, -0.25) is 9.47 Å². The minimum absolute atomic E-state index is 0.0565. The molecule has 10 aromatic rings. The number of fused-ring (bicyclic) bond motifs is 10. The molecule has 0 amide bonds. The summed E-state index contributed by atoms with van der Waals surface area (Å²) in [6.45, 7) is -0.0621. The third-order valence-corrected chi connectivity index (χ3v) is 15.1.